The van der Waals surface area contributed by atoms with Crippen molar-refractivity contribution in [1.82, 2.24) is 4.72 Å². The van der Waals surface area contributed by atoms with Crippen LogP contribution in [0.5, 0.6) is 0 Å². The highest BCUT2D eigenvalue weighted by Crippen LogP contribution is 2.14. The molecule has 0 unspecified atom stereocenters. The van der Waals surface area contributed by atoms with E-state index in [1.54, 1.807) is 18.2 Å². The maximum absolute atomic E-state index is 13.1. The first-order chi connectivity index (χ1) is 9.88. The van der Waals surface area contributed by atoms with Crippen LogP contribution in [-0.4, -0.2) is 15.0 Å². The summed E-state index contributed by atoms with van der Waals surface area (Å²) in [6, 6.07) is 9.47. The number of halogens is 3. The monoisotopic (exact) mass is 331 g/mol. The standard InChI is InChI=1S/C14H12ClF2NO2S/c15-11-3-1-2-10(8-11)6-7-18-21(19,20)12-4-5-13(16)14(17)9-12/h1-5,8-9,18H,6-7H2. The van der Waals surface area contributed by atoms with Crippen molar-refractivity contribution in [3.05, 3.63) is 64.7 Å². The molecule has 2 aromatic carbocycles. The molecular formula is C14H12ClF2NO2S. The Balaban J connectivity index is 2.03. The second kappa shape index (κ2) is 6.51. The molecule has 0 fully saturated rings. The Labute approximate surface area is 126 Å². The molecule has 0 aliphatic rings. The SMILES string of the molecule is O=S(=O)(NCCc1cccc(Cl)c1)c1ccc(F)c(F)c1. The van der Waals surface area contributed by atoms with Gasteiger partial charge in [-0.05, 0) is 42.3 Å². The van der Waals surface area contributed by atoms with Crippen molar-refractivity contribution in [3.8, 4) is 0 Å². The van der Waals surface area contributed by atoms with Crippen LogP contribution in [0.1, 0.15) is 5.56 Å². The van der Waals surface area contributed by atoms with Gasteiger partial charge in [-0.3, -0.25) is 0 Å². The summed E-state index contributed by atoms with van der Waals surface area (Å²) in [4.78, 5) is -0.313. The molecular weight excluding hydrogens is 320 g/mol. The number of benzene rings is 2. The van der Waals surface area contributed by atoms with Crippen LogP contribution in [0.2, 0.25) is 5.02 Å². The summed E-state index contributed by atoms with van der Waals surface area (Å²) in [7, 11) is -3.87. The van der Waals surface area contributed by atoms with Crippen molar-refractivity contribution in [2.45, 2.75) is 11.3 Å². The van der Waals surface area contributed by atoms with Gasteiger partial charge in [0, 0.05) is 11.6 Å². The Morgan fingerprint density at radius 2 is 1.81 bits per heavy atom. The molecule has 0 atom stereocenters. The van der Waals surface area contributed by atoms with Crippen molar-refractivity contribution in [3.63, 3.8) is 0 Å². The molecule has 112 valence electrons. The Bertz CT molecular complexity index is 750. The minimum absolute atomic E-state index is 0.127. The third-order valence-corrected chi connectivity index (χ3v) is 4.49. The average Bonchev–Trinajstić information content (AvgIpc) is 2.41. The van der Waals surface area contributed by atoms with Crippen LogP contribution < -0.4 is 4.72 Å². The van der Waals surface area contributed by atoms with Crippen LogP contribution in [0.25, 0.3) is 0 Å². The fourth-order valence-corrected chi connectivity index (χ4v) is 3.01. The lowest BCUT2D eigenvalue weighted by Gasteiger charge is -2.07. The fourth-order valence-electron chi connectivity index (χ4n) is 1.75. The summed E-state index contributed by atoms with van der Waals surface area (Å²) in [6.45, 7) is 0.127. The second-order valence-electron chi connectivity index (χ2n) is 4.35. The summed E-state index contributed by atoms with van der Waals surface area (Å²) in [5, 5.41) is 0.566. The molecule has 0 radical (unpaired) electrons. The number of hydrogen-bond acceptors (Lipinski definition) is 2. The lowest BCUT2D eigenvalue weighted by Crippen LogP contribution is -2.26. The number of nitrogens with one attached hydrogen (secondary N) is 1. The first-order valence-electron chi connectivity index (χ1n) is 6.08. The van der Waals surface area contributed by atoms with E-state index in [9.17, 15) is 17.2 Å². The zero-order chi connectivity index (χ0) is 15.5. The molecule has 1 N–H and O–H groups in total. The molecule has 0 aliphatic heterocycles. The van der Waals surface area contributed by atoms with Crippen molar-refractivity contribution in [2.24, 2.45) is 0 Å². The molecule has 0 aromatic heterocycles. The van der Waals surface area contributed by atoms with E-state index in [1.807, 2.05) is 6.07 Å². The molecule has 7 heteroatoms. The van der Waals surface area contributed by atoms with E-state index in [2.05, 4.69) is 4.72 Å². The van der Waals surface area contributed by atoms with Gasteiger partial charge >= 0.3 is 0 Å². The molecule has 21 heavy (non-hydrogen) atoms. The average molecular weight is 332 g/mol. The molecule has 0 bridgehead atoms. The lowest BCUT2D eigenvalue weighted by atomic mass is 10.2. The smallest absolute Gasteiger partial charge is 0.211 e. The molecule has 3 nitrogen and oxygen atoms in total. The van der Waals surface area contributed by atoms with Gasteiger partial charge in [-0.1, -0.05) is 23.7 Å². The van der Waals surface area contributed by atoms with Gasteiger partial charge in [-0.2, -0.15) is 0 Å². The zero-order valence-corrected chi connectivity index (χ0v) is 12.4. The Kier molecular flexibility index (Phi) is 4.92. The molecule has 0 saturated heterocycles. The topological polar surface area (TPSA) is 46.2 Å². The second-order valence-corrected chi connectivity index (χ2v) is 6.56. The quantitative estimate of drug-likeness (QED) is 0.915. The predicted molar refractivity (Wildman–Crippen MR) is 76.7 cm³/mol. The summed E-state index contributed by atoms with van der Waals surface area (Å²) in [5.41, 5.74) is 0.871. The van der Waals surface area contributed by atoms with Crippen LogP contribution in [0.15, 0.2) is 47.4 Å². The van der Waals surface area contributed by atoms with Gasteiger partial charge in [0.15, 0.2) is 11.6 Å². The third kappa shape index (κ3) is 4.23. The van der Waals surface area contributed by atoms with Gasteiger partial charge in [-0.15, -0.1) is 0 Å². The van der Waals surface area contributed by atoms with Crippen molar-refractivity contribution in [2.75, 3.05) is 6.54 Å². The Morgan fingerprint density at radius 1 is 1.05 bits per heavy atom. The van der Waals surface area contributed by atoms with Crippen molar-refractivity contribution >= 4 is 21.6 Å². The minimum Gasteiger partial charge on any atom is -0.211 e. The summed E-state index contributed by atoms with van der Waals surface area (Å²) in [6.07, 6.45) is 0.434. The highest BCUT2D eigenvalue weighted by molar-refractivity contribution is 7.89. The van der Waals surface area contributed by atoms with Crippen LogP contribution in [0, 0.1) is 11.6 Å². The summed E-state index contributed by atoms with van der Waals surface area (Å²) >= 11 is 5.83. The van der Waals surface area contributed by atoms with Gasteiger partial charge in [0.05, 0.1) is 4.90 Å². The summed E-state index contributed by atoms with van der Waals surface area (Å²) in [5.74, 6) is -2.29. The predicted octanol–water partition coefficient (Wildman–Crippen LogP) is 3.14. The van der Waals surface area contributed by atoms with Gasteiger partial charge in [0.1, 0.15) is 0 Å². The summed E-state index contributed by atoms with van der Waals surface area (Å²) < 4.78 is 52.0. The van der Waals surface area contributed by atoms with Crippen molar-refractivity contribution in [1.29, 1.82) is 0 Å². The van der Waals surface area contributed by atoms with Crippen LogP contribution >= 0.6 is 11.6 Å². The van der Waals surface area contributed by atoms with Crippen LogP contribution in [0.3, 0.4) is 0 Å². The van der Waals surface area contributed by atoms with E-state index < -0.39 is 21.7 Å². The fraction of sp³-hybridized carbons (Fsp3) is 0.143. The molecule has 0 spiro atoms. The number of hydrogen-bond donors (Lipinski definition) is 1. The maximum Gasteiger partial charge on any atom is 0.240 e. The van der Waals surface area contributed by atoms with Gasteiger partial charge in [-0.25, -0.2) is 21.9 Å². The van der Waals surface area contributed by atoms with Crippen molar-refractivity contribution < 1.29 is 17.2 Å². The molecule has 2 rings (SSSR count). The van der Waals surface area contributed by atoms with E-state index in [1.165, 1.54) is 0 Å². The van der Waals surface area contributed by atoms with Crippen LogP contribution in [0.4, 0.5) is 8.78 Å². The molecule has 2 aromatic rings. The zero-order valence-electron chi connectivity index (χ0n) is 10.8. The lowest BCUT2D eigenvalue weighted by molar-refractivity contribution is 0.504. The number of sulfonamides is 1. The highest BCUT2D eigenvalue weighted by atomic mass is 35.5. The first kappa shape index (κ1) is 15.9. The highest BCUT2D eigenvalue weighted by Gasteiger charge is 2.15. The molecule has 0 aliphatic carbocycles. The van der Waals surface area contributed by atoms with Gasteiger partial charge < -0.3 is 0 Å². The third-order valence-electron chi connectivity index (χ3n) is 2.80. The minimum atomic E-state index is -3.87. The molecule has 0 amide bonds. The van der Waals surface area contributed by atoms with E-state index in [0.717, 1.165) is 17.7 Å². The Morgan fingerprint density at radius 3 is 2.48 bits per heavy atom. The normalized spacial score (nSPS) is 11.6. The van der Waals surface area contributed by atoms with E-state index in [0.29, 0.717) is 17.5 Å². The number of rotatable bonds is 5. The Hall–Kier alpha value is -1.50. The van der Waals surface area contributed by atoms with E-state index >= 15 is 0 Å². The first-order valence-corrected chi connectivity index (χ1v) is 7.94. The van der Waals surface area contributed by atoms with Crippen LogP contribution in [-0.2, 0) is 16.4 Å². The van der Waals surface area contributed by atoms with Gasteiger partial charge in [0.2, 0.25) is 10.0 Å². The maximum atomic E-state index is 13.1. The molecule has 0 heterocycles. The van der Waals surface area contributed by atoms with E-state index in [4.69, 9.17) is 11.6 Å². The largest absolute Gasteiger partial charge is 0.240 e. The van der Waals surface area contributed by atoms with E-state index in [-0.39, 0.29) is 11.4 Å². The molecule has 0 saturated carbocycles. The van der Waals surface area contributed by atoms with Gasteiger partial charge in [0.25, 0.3) is 0 Å².